The second kappa shape index (κ2) is 8.17. The molecule has 0 bridgehead atoms. The fourth-order valence-corrected chi connectivity index (χ4v) is 2.80. The lowest BCUT2D eigenvalue weighted by molar-refractivity contribution is 0.625. The van der Waals surface area contributed by atoms with Crippen LogP contribution in [-0.4, -0.2) is 0 Å². The van der Waals surface area contributed by atoms with Gasteiger partial charge in [-0.15, -0.1) is 0 Å². The first-order chi connectivity index (χ1) is 12.6. The zero-order chi connectivity index (χ0) is 18.5. The molecule has 0 unspecified atom stereocenters. The highest BCUT2D eigenvalue weighted by Crippen LogP contribution is 2.27. The molecule has 0 saturated heterocycles. The van der Waals surface area contributed by atoms with Crippen molar-refractivity contribution in [3.8, 4) is 23.0 Å². The van der Waals surface area contributed by atoms with Crippen LogP contribution in [0.2, 0.25) is 5.02 Å². The van der Waals surface area contributed by atoms with Crippen molar-refractivity contribution in [3.63, 3.8) is 0 Å². The standard InChI is InChI=1S/C23H17ClF2/c1-2-3-16-4-6-17(7-5-16)8-9-18-10-12-20(22(25)14-18)19-11-13-21(24)23(26)15-19/h4-7,10-15H,2-3H2,1H3. The molecule has 130 valence electrons. The summed E-state index contributed by atoms with van der Waals surface area (Å²) in [6.45, 7) is 2.14. The fraction of sp³-hybridized carbons (Fsp3) is 0.130. The Balaban J connectivity index is 1.83. The second-order valence-corrected chi connectivity index (χ2v) is 6.43. The average Bonchev–Trinajstić information content (AvgIpc) is 2.64. The lowest BCUT2D eigenvalue weighted by Crippen LogP contribution is -1.88. The Kier molecular flexibility index (Phi) is 5.71. The van der Waals surface area contributed by atoms with Crippen molar-refractivity contribution in [2.75, 3.05) is 0 Å². The normalized spacial score (nSPS) is 10.3. The number of halogens is 3. The topological polar surface area (TPSA) is 0 Å². The van der Waals surface area contributed by atoms with Crippen LogP contribution in [0.15, 0.2) is 60.7 Å². The lowest BCUT2D eigenvalue weighted by Gasteiger charge is -2.05. The number of hydrogen-bond acceptors (Lipinski definition) is 0. The van der Waals surface area contributed by atoms with Gasteiger partial charge < -0.3 is 0 Å². The molecule has 3 aromatic rings. The van der Waals surface area contributed by atoms with Crippen LogP contribution in [0.1, 0.15) is 30.0 Å². The van der Waals surface area contributed by atoms with Crippen LogP contribution in [-0.2, 0) is 6.42 Å². The van der Waals surface area contributed by atoms with Crippen molar-refractivity contribution in [3.05, 3.63) is 94.0 Å². The van der Waals surface area contributed by atoms with Gasteiger partial charge in [-0.3, -0.25) is 0 Å². The summed E-state index contributed by atoms with van der Waals surface area (Å²) in [6, 6.07) is 17.0. The molecule has 0 aliphatic rings. The highest BCUT2D eigenvalue weighted by Gasteiger charge is 2.08. The highest BCUT2D eigenvalue weighted by atomic mass is 35.5. The van der Waals surface area contributed by atoms with E-state index in [-0.39, 0.29) is 5.02 Å². The van der Waals surface area contributed by atoms with E-state index in [4.69, 9.17) is 11.6 Å². The first-order valence-electron chi connectivity index (χ1n) is 8.43. The van der Waals surface area contributed by atoms with Gasteiger partial charge in [-0.1, -0.05) is 61.1 Å². The van der Waals surface area contributed by atoms with Gasteiger partial charge in [0.2, 0.25) is 0 Å². The number of aryl methyl sites for hydroxylation is 1. The Labute approximate surface area is 157 Å². The van der Waals surface area contributed by atoms with E-state index < -0.39 is 11.6 Å². The van der Waals surface area contributed by atoms with Crippen LogP contribution in [0.3, 0.4) is 0 Å². The molecule has 26 heavy (non-hydrogen) atoms. The third-order valence-electron chi connectivity index (χ3n) is 4.04. The fourth-order valence-electron chi connectivity index (χ4n) is 2.68. The summed E-state index contributed by atoms with van der Waals surface area (Å²) in [5.41, 5.74) is 3.49. The van der Waals surface area contributed by atoms with E-state index in [1.54, 1.807) is 18.2 Å². The maximum atomic E-state index is 14.4. The van der Waals surface area contributed by atoms with E-state index in [0.29, 0.717) is 16.7 Å². The summed E-state index contributed by atoms with van der Waals surface area (Å²) in [7, 11) is 0. The predicted octanol–water partition coefficient (Wildman–Crippen LogP) is 6.64. The average molecular weight is 367 g/mol. The summed E-state index contributed by atoms with van der Waals surface area (Å²) in [5.74, 6) is 4.99. The smallest absolute Gasteiger partial charge is 0.142 e. The molecule has 0 atom stereocenters. The van der Waals surface area contributed by atoms with E-state index in [1.807, 2.05) is 12.1 Å². The molecule has 0 spiro atoms. The largest absolute Gasteiger partial charge is 0.206 e. The summed E-state index contributed by atoms with van der Waals surface area (Å²) < 4.78 is 28.0. The van der Waals surface area contributed by atoms with Gasteiger partial charge >= 0.3 is 0 Å². The Bertz CT molecular complexity index is 979. The first kappa shape index (κ1) is 18.2. The summed E-state index contributed by atoms with van der Waals surface area (Å²) in [4.78, 5) is 0. The molecule has 0 amide bonds. The van der Waals surface area contributed by atoms with E-state index in [1.165, 1.54) is 23.8 Å². The maximum Gasteiger partial charge on any atom is 0.142 e. The monoisotopic (exact) mass is 366 g/mol. The van der Waals surface area contributed by atoms with Gasteiger partial charge in [-0.25, -0.2) is 8.78 Å². The van der Waals surface area contributed by atoms with Gasteiger partial charge in [0.05, 0.1) is 5.02 Å². The van der Waals surface area contributed by atoms with Crippen LogP contribution in [0.25, 0.3) is 11.1 Å². The molecule has 0 aliphatic carbocycles. The van der Waals surface area contributed by atoms with Crippen LogP contribution in [0.4, 0.5) is 8.78 Å². The van der Waals surface area contributed by atoms with Crippen molar-refractivity contribution in [1.29, 1.82) is 0 Å². The second-order valence-electron chi connectivity index (χ2n) is 6.02. The van der Waals surface area contributed by atoms with Gasteiger partial charge in [0, 0.05) is 16.7 Å². The molecule has 3 rings (SSSR count). The Morgan fingerprint density at radius 1 is 0.808 bits per heavy atom. The lowest BCUT2D eigenvalue weighted by atomic mass is 10.0. The van der Waals surface area contributed by atoms with Gasteiger partial charge in [0.25, 0.3) is 0 Å². The molecule has 3 aromatic carbocycles. The molecule has 0 aromatic heterocycles. The van der Waals surface area contributed by atoms with Crippen LogP contribution in [0, 0.1) is 23.5 Å². The van der Waals surface area contributed by atoms with Crippen LogP contribution >= 0.6 is 11.6 Å². The maximum absolute atomic E-state index is 14.4. The summed E-state index contributed by atoms with van der Waals surface area (Å²) >= 11 is 5.67. The molecular weight excluding hydrogens is 350 g/mol. The van der Waals surface area contributed by atoms with E-state index >= 15 is 0 Å². The van der Waals surface area contributed by atoms with Gasteiger partial charge in [0.1, 0.15) is 11.6 Å². The third-order valence-corrected chi connectivity index (χ3v) is 4.35. The van der Waals surface area contributed by atoms with Crippen molar-refractivity contribution in [2.24, 2.45) is 0 Å². The van der Waals surface area contributed by atoms with Crippen LogP contribution < -0.4 is 0 Å². The molecule has 0 radical (unpaired) electrons. The SMILES string of the molecule is CCCc1ccc(C#Cc2ccc(-c3ccc(Cl)c(F)c3)c(F)c2)cc1. The molecule has 0 saturated carbocycles. The number of hydrogen-bond donors (Lipinski definition) is 0. The van der Waals surface area contributed by atoms with Gasteiger partial charge in [-0.05, 0) is 53.9 Å². The quantitative estimate of drug-likeness (QED) is 0.456. The van der Waals surface area contributed by atoms with Crippen LogP contribution in [0.5, 0.6) is 0 Å². The molecule has 3 heteroatoms. The molecule has 0 nitrogen and oxygen atoms in total. The molecular formula is C23H17ClF2. The Morgan fingerprint density at radius 3 is 2.15 bits per heavy atom. The molecule has 0 fully saturated rings. The predicted molar refractivity (Wildman–Crippen MR) is 103 cm³/mol. The van der Waals surface area contributed by atoms with Crippen molar-refractivity contribution in [2.45, 2.75) is 19.8 Å². The van der Waals surface area contributed by atoms with Gasteiger partial charge in [0.15, 0.2) is 0 Å². The van der Waals surface area contributed by atoms with Gasteiger partial charge in [-0.2, -0.15) is 0 Å². The van der Waals surface area contributed by atoms with E-state index in [9.17, 15) is 8.78 Å². The summed E-state index contributed by atoms with van der Waals surface area (Å²) in [6.07, 6.45) is 2.15. The third kappa shape index (κ3) is 4.31. The summed E-state index contributed by atoms with van der Waals surface area (Å²) in [5, 5.41) is 0.0154. The minimum Gasteiger partial charge on any atom is -0.206 e. The van der Waals surface area contributed by atoms with Crippen molar-refractivity contribution < 1.29 is 8.78 Å². The minimum absolute atomic E-state index is 0.0154. The van der Waals surface area contributed by atoms with Crippen molar-refractivity contribution in [1.82, 2.24) is 0 Å². The highest BCUT2D eigenvalue weighted by molar-refractivity contribution is 6.30. The number of rotatable bonds is 3. The minimum atomic E-state index is -0.570. The number of benzene rings is 3. The molecule has 0 N–H and O–H groups in total. The van der Waals surface area contributed by atoms with E-state index in [2.05, 4.69) is 30.9 Å². The first-order valence-corrected chi connectivity index (χ1v) is 8.80. The van der Waals surface area contributed by atoms with Crippen molar-refractivity contribution >= 4 is 11.6 Å². The zero-order valence-corrected chi connectivity index (χ0v) is 15.1. The Morgan fingerprint density at radius 2 is 1.50 bits per heavy atom. The molecule has 0 heterocycles. The zero-order valence-electron chi connectivity index (χ0n) is 14.3. The van der Waals surface area contributed by atoms with E-state index in [0.717, 1.165) is 18.4 Å². The molecule has 0 aliphatic heterocycles. The Hall–Kier alpha value is -2.63.